The van der Waals surface area contributed by atoms with Gasteiger partial charge in [-0.1, -0.05) is 6.07 Å². The SMILES string of the molecule is COC(=O)c1cccc(NC(=O)CN2CCCC(c3cc(C(N)=O)n[nH]3)C2)c1. The molecule has 1 saturated heterocycles. The average molecular weight is 385 g/mol. The third kappa shape index (κ3) is 4.74. The van der Waals surface area contributed by atoms with Gasteiger partial charge in [0.05, 0.1) is 19.2 Å². The molecule has 2 heterocycles. The number of likely N-dealkylation sites (tertiary alicyclic amines) is 1. The van der Waals surface area contributed by atoms with Gasteiger partial charge in [-0.15, -0.1) is 0 Å². The number of esters is 1. The number of nitrogens with two attached hydrogens (primary N) is 1. The van der Waals surface area contributed by atoms with Crippen molar-refractivity contribution in [3.63, 3.8) is 0 Å². The highest BCUT2D eigenvalue weighted by Gasteiger charge is 2.25. The number of aromatic nitrogens is 2. The van der Waals surface area contributed by atoms with Crippen molar-refractivity contribution in [2.75, 3.05) is 32.1 Å². The Hall–Kier alpha value is -3.20. The summed E-state index contributed by atoms with van der Waals surface area (Å²) in [6, 6.07) is 8.29. The minimum atomic E-state index is -0.566. The van der Waals surface area contributed by atoms with E-state index in [-0.39, 0.29) is 24.1 Å². The first-order valence-corrected chi connectivity index (χ1v) is 9.02. The Bertz CT molecular complexity index is 879. The molecule has 1 aliphatic rings. The molecule has 1 atom stereocenters. The summed E-state index contributed by atoms with van der Waals surface area (Å²) in [6.07, 6.45) is 1.88. The molecule has 0 saturated carbocycles. The van der Waals surface area contributed by atoms with Gasteiger partial charge in [-0.2, -0.15) is 5.10 Å². The number of hydrogen-bond acceptors (Lipinski definition) is 6. The molecule has 4 N–H and O–H groups in total. The molecule has 0 spiro atoms. The molecule has 148 valence electrons. The molecular weight excluding hydrogens is 362 g/mol. The van der Waals surface area contributed by atoms with Crippen molar-refractivity contribution in [3.05, 3.63) is 47.3 Å². The Morgan fingerprint density at radius 1 is 1.36 bits per heavy atom. The lowest BCUT2D eigenvalue weighted by molar-refractivity contribution is -0.117. The summed E-state index contributed by atoms with van der Waals surface area (Å²) >= 11 is 0. The number of nitrogens with zero attached hydrogens (tertiary/aromatic N) is 2. The predicted molar refractivity (Wildman–Crippen MR) is 102 cm³/mol. The Balaban J connectivity index is 1.58. The maximum absolute atomic E-state index is 12.4. The van der Waals surface area contributed by atoms with Gasteiger partial charge in [0.1, 0.15) is 5.69 Å². The number of H-pyrrole nitrogens is 1. The summed E-state index contributed by atoms with van der Waals surface area (Å²) in [7, 11) is 1.31. The second kappa shape index (κ2) is 8.66. The minimum absolute atomic E-state index is 0.157. The normalized spacial score (nSPS) is 17.1. The van der Waals surface area contributed by atoms with Crippen molar-refractivity contribution < 1.29 is 19.1 Å². The number of carbonyl (C=O) groups is 3. The monoisotopic (exact) mass is 385 g/mol. The fourth-order valence-electron chi connectivity index (χ4n) is 3.37. The molecule has 1 aromatic heterocycles. The number of anilines is 1. The lowest BCUT2D eigenvalue weighted by atomic mass is 9.94. The van der Waals surface area contributed by atoms with Crippen molar-refractivity contribution in [2.24, 2.45) is 5.73 Å². The third-order valence-corrected chi connectivity index (χ3v) is 4.73. The van der Waals surface area contributed by atoms with Gasteiger partial charge < -0.3 is 15.8 Å². The topological polar surface area (TPSA) is 130 Å². The molecule has 3 rings (SSSR count). The summed E-state index contributed by atoms with van der Waals surface area (Å²) in [5.74, 6) is -1.02. The van der Waals surface area contributed by atoms with Gasteiger partial charge in [-0.05, 0) is 43.7 Å². The molecule has 0 radical (unpaired) electrons. The van der Waals surface area contributed by atoms with Crippen LogP contribution in [0, 0.1) is 0 Å². The minimum Gasteiger partial charge on any atom is -0.465 e. The fourth-order valence-corrected chi connectivity index (χ4v) is 3.37. The van der Waals surface area contributed by atoms with Crippen molar-refractivity contribution in [2.45, 2.75) is 18.8 Å². The summed E-state index contributed by atoms with van der Waals surface area (Å²) in [5, 5.41) is 9.61. The molecular formula is C19H23N5O4. The van der Waals surface area contributed by atoms with Gasteiger partial charge >= 0.3 is 5.97 Å². The highest BCUT2D eigenvalue weighted by atomic mass is 16.5. The lowest BCUT2D eigenvalue weighted by Crippen LogP contribution is -2.39. The second-order valence-corrected chi connectivity index (χ2v) is 6.77. The number of carbonyl (C=O) groups excluding carboxylic acids is 3. The van der Waals surface area contributed by atoms with Crippen molar-refractivity contribution in [1.29, 1.82) is 0 Å². The van der Waals surface area contributed by atoms with E-state index in [9.17, 15) is 14.4 Å². The van der Waals surface area contributed by atoms with Crippen LogP contribution in [-0.4, -0.2) is 59.6 Å². The molecule has 2 amide bonds. The van der Waals surface area contributed by atoms with E-state index in [1.54, 1.807) is 30.3 Å². The number of methoxy groups -OCH3 is 1. The maximum atomic E-state index is 12.4. The van der Waals surface area contributed by atoms with Crippen LogP contribution < -0.4 is 11.1 Å². The summed E-state index contributed by atoms with van der Waals surface area (Å²) in [5.41, 5.74) is 7.24. The molecule has 28 heavy (non-hydrogen) atoms. The van der Waals surface area contributed by atoms with E-state index in [1.165, 1.54) is 7.11 Å². The number of ether oxygens (including phenoxy) is 1. The van der Waals surface area contributed by atoms with Gasteiger partial charge in [0.2, 0.25) is 5.91 Å². The Labute approximate surface area is 162 Å². The first kappa shape index (κ1) is 19.6. The van der Waals surface area contributed by atoms with E-state index in [2.05, 4.69) is 20.4 Å². The van der Waals surface area contributed by atoms with Crippen LogP contribution >= 0.6 is 0 Å². The highest BCUT2D eigenvalue weighted by molar-refractivity contribution is 5.95. The molecule has 9 nitrogen and oxygen atoms in total. The molecule has 1 aliphatic heterocycles. The highest BCUT2D eigenvalue weighted by Crippen LogP contribution is 2.26. The van der Waals surface area contributed by atoms with Crippen molar-refractivity contribution in [3.8, 4) is 0 Å². The van der Waals surface area contributed by atoms with E-state index in [1.807, 2.05) is 0 Å². The first-order chi connectivity index (χ1) is 13.5. The summed E-state index contributed by atoms with van der Waals surface area (Å²) in [6.45, 7) is 1.72. The quantitative estimate of drug-likeness (QED) is 0.639. The van der Waals surface area contributed by atoms with E-state index >= 15 is 0 Å². The standard InChI is InChI=1S/C19H23N5O4/c1-28-19(27)12-4-2-6-14(8-12)21-17(25)11-24-7-3-5-13(10-24)15-9-16(18(20)26)23-22-15/h2,4,6,8-9,13H,3,5,7,10-11H2,1H3,(H2,20,26)(H,21,25)(H,22,23). The zero-order valence-electron chi connectivity index (χ0n) is 15.6. The van der Waals surface area contributed by atoms with Gasteiger partial charge in [-0.25, -0.2) is 4.79 Å². The predicted octanol–water partition coefficient (Wildman–Crippen LogP) is 1.11. The number of amides is 2. The number of nitrogens with one attached hydrogen (secondary N) is 2. The molecule has 0 aliphatic carbocycles. The van der Waals surface area contributed by atoms with Gasteiger partial charge in [0.25, 0.3) is 5.91 Å². The largest absolute Gasteiger partial charge is 0.465 e. The van der Waals surface area contributed by atoms with Gasteiger partial charge in [0.15, 0.2) is 0 Å². The lowest BCUT2D eigenvalue weighted by Gasteiger charge is -2.31. The van der Waals surface area contributed by atoms with Crippen LogP contribution in [-0.2, 0) is 9.53 Å². The molecule has 1 fully saturated rings. The molecule has 2 aromatic rings. The number of hydrogen-bond donors (Lipinski definition) is 3. The van der Waals surface area contributed by atoms with Crippen LogP contribution in [0.1, 0.15) is 45.3 Å². The number of primary amides is 1. The van der Waals surface area contributed by atoms with E-state index in [0.29, 0.717) is 17.8 Å². The number of benzene rings is 1. The number of aromatic amines is 1. The summed E-state index contributed by atoms with van der Waals surface area (Å²) < 4.78 is 4.69. The van der Waals surface area contributed by atoms with Crippen LogP contribution in [0.25, 0.3) is 0 Å². The zero-order valence-corrected chi connectivity index (χ0v) is 15.6. The van der Waals surface area contributed by atoms with Crippen molar-refractivity contribution in [1.82, 2.24) is 15.1 Å². The second-order valence-electron chi connectivity index (χ2n) is 6.77. The van der Waals surface area contributed by atoms with Crippen LogP contribution in [0.15, 0.2) is 30.3 Å². The third-order valence-electron chi connectivity index (χ3n) is 4.73. The number of piperidine rings is 1. The smallest absolute Gasteiger partial charge is 0.337 e. The Kier molecular flexibility index (Phi) is 6.05. The van der Waals surface area contributed by atoms with E-state index in [4.69, 9.17) is 10.5 Å². The number of rotatable bonds is 6. The average Bonchev–Trinajstić information content (AvgIpc) is 3.18. The molecule has 0 bridgehead atoms. The fraction of sp³-hybridized carbons (Fsp3) is 0.368. The maximum Gasteiger partial charge on any atom is 0.337 e. The molecule has 1 aromatic carbocycles. The Morgan fingerprint density at radius 3 is 2.89 bits per heavy atom. The van der Waals surface area contributed by atoms with Gasteiger partial charge in [0, 0.05) is 23.8 Å². The molecule has 1 unspecified atom stereocenters. The zero-order chi connectivity index (χ0) is 20.1. The van der Waals surface area contributed by atoms with Crippen molar-refractivity contribution >= 4 is 23.5 Å². The van der Waals surface area contributed by atoms with Gasteiger partial charge in [-0.3, -0.25) is 19.6 Å². The van der Waals surface area contributed by atoms with E-state index < -0.39 is 11.9 Å². The van der Waals surface area contributed by atoms with Crippen LogP contribution in [0.5, 0.6) is 0 Å². The van der Waals surface area contributed by atoms with Crippen LogP contribution in [0.2, 0.25) is 0 Å². The van der Waals surface area contributed by atoms with Crippen LogP contribution in [0.3, 0.4) is 0 Å². The summed E-state index contributed by atoms with van der Waals surface area (Å²) in [4.78, 5) is 37.3. The first-order valence-electron chi connectivity index (χ1n) is 9.02. The van der Waals surface area contributed by atoms with Crippen LogP contribution in [0.4, 0.5) is 5.69 Å². The molecule has 9 heteroatoms. The van der Waals surface area contributed by atoms with E-state index in [0.717, 1.165) is 25.1 Å². The Morgan fingerprint density at radius 2 is 2.18 bits per heavy atom.